The van der Waals surface area contributed by atoms with E-state index in [4.69, 9.17) is 0 Å². The van der Waals surface area contributed by atoms with E-state index in [9.17, 15) is 0 Å². The number of hydrogen-bond acceptors (Lipinski definition) is 3. The maximum Gasteiger partial charge on any atom is 0.152 e. The zero-order valence-corrected chi connectivity index (χ0v) is 14.4. The van der Waals surface area contributed by atoms with E-state index in [0.717, 1.165) is 16.0 Å². The van der Waals surface area contributed by atoms with E-state index in [1.165, 1.54) is 23.9 Å². The Kier molecular flexibility index (Phi) is 3.77. The molecule has 1 N–H and O–H groups in total. The maximum atomic E-state index is 4.49. The van der Waals surface area contributed by atoms with Crippen molar-refractivity contribution in [3.8, 4) is 0 Å². The van der Waals surface area contributed by atoms with Gasteiger partial charge in [-0.2, -0.15) is 0 Å². The van der Waals surface area contributed by atoms with Crippen LogP contribution in [0.2, 0.25) is 0 Å². The van der Waals surface area contributed by atoms with E-state index in [0.29, 0.717) is 6.04 Å². The number of nitrogens with one attached hydrogen (secondary N) is 1. The molecule has 0 unspecified atom stereocenters. The molecule has 1 saturated carbocycles. The first-order valence-electron chi connectivity index (χ1n) is 5.90. The Hall–Kier alpha value is 0.0500. The molecule has 1 aliphatic carbocycles. The van der Waals surface area contributed by atoms with Crippen LogP contribution < -0.4 is 5.32 Å². The fraction of sp³-hybridized carbons (Fsp3) is 0.417. The summed E-state index contributed by atoms with van der Waals surface area (Å²) in [7, 11) is 1.64. The third-order valence-electron chi connectivity index (χ3n) is 3.43. The van der Waals surface area contributed by atoms with Gasteiger partial charge in [0, 0.05) is 54.1 Å². The third kappa shape index (κ3) is 2.27. The van der Waals surface area contributed by atoms with Gasteiger partial charge in [0.05, 0.1) is 10.2 Å². The zero-order valence-electron chi connectivity index (χ0n) is 9.86. The first-order chi connectivity index (χ1) is 8.69. The highest BCUT2D eigenvalue weighted by molar-refractivity contribution is 14.2. The van der Waals surface area contributed by atoms with E-state index in [1.54, 1.807) is 9.12 Å². The van der Waals surface area contributed by atoms with Crippen LogP contribution in [0, 0.1) is 5.92 Å². The first-order valence-corrected chi connectivity index (χ1v) is 10.0. The van der Waals surface area contributed by atoms with Crippen LogP contribution in [0.5, 0.6) is 0 Å². The second-order valence-corrected chi connectivity index (χ2v) is 7.41. The number of rotatable bonds is 3. The van der Waals surface area contributed by atoms with E-state index in [-0.39, 0.29) is 0 Å². The summed E-state index contributed by atoms with van der Waals surface area (Å²) < 4.78 is 3.13. The van der Waals surface area contributed by atoms with Gasteiger partial charge in [0.15, 0.2) is 5.65 Å². The molecule has 3 nitrogen and oxygen atoms in total. The maximum absolute atomic E-state index is 4.49. The molecular formula is C12H13BrIN3S. The van der Waals surface area contributed by atoms with E-state index in [1.807, 2.05) is 6.20 Å². The molecule has 0 saturated heterocycles. The predicted molar refractivity (Wildman–Crippen MR) is 90.3 cm³/mol. The average Bonchev–Trinajstić information content (AvgIpc) is 2.73. The molecule has 18 heavy (non-hydrogen) atoms. The summed E-state index contributed by atoms with van der Waals surface area (Å²) in [5.74, 6) is 0.855. The van der Waals surface area contributed by atoms with Gasteiger partial charge in [0.1, 0.15) is 0 Å². The van der Waals surface area contributed by atoms with Gasteiger partial charge in [-0.05, 0) is 40.8 Å². The van der Waals surface area contributed by atoms with Crippen molar-refractivity contribution in [3.05, 3.63) is 22.9 Å². The third-order valence-corrected chi connectivity index (χ3v) is 5.75. The van der Waals surface area contributed by atoms with Gasteiger partial charge in [0.25, 0.3) is 0 Å². The number of hydrogen-bond donors (Lipinski definition) is 1. The summed E-state index contributed by atoms with van der Waals surface area (Å²) in [6.07, 6.45) is 6.47. The van der Waals surface area contributed by atoms with Crippen molar-refractivity contribution in [2.75, 3.05) is 5.32 Å². The van der Waals surface area contributed by atoms with Gasteiger partial charge >= 0.3 is 0 Å². The molecule has 0 aliphatic heterocycles. The Bertz CT molecular complexity index is 580. The molecule has 1 fully saturated rings. The summed E-state index contributed by atoms with van der Waals surface area (Å²) in [6.45, 7) is 2.30. The minimum absolute atomic E-state index is 0.609. The predicted octanol–water partition coefficient (Wildman–Crippen LogP) is 4.86. The molecule has 0 spiro atoms. The summed E-state index contributed by atoms with van der Waals surface area (Å²) in [5, 5.41) is 4.83. The lowest BCUT2D eigenvalue weighted by molar-refractivity contribution is 0.309. The summed E-state index contributed by atoms with van der Waals surface area (Å²) >= 11 is 5.88. The van der Waals surface area contributed by atoms with Gasteiger partial charge in [-0.25, -0.2) is 4.98 Å². The lowest BCUT2D eigenvalue weighted by Gasteiger charge is -2.34. The van der Waals surface area contributed by atoms with Crippen molar-refractivity contribution in [3.63, 3.8) is 0 Å². The first kappa shape index (κ1) is 13.1. The number of halogens is 2. The smallest absolute Gasteiger partial charge is 0.152 e. The SMILES string of the molecule is CC1CC(Nc2c(Br)cnc3c2ccn3SI)C1. The summed E-state index contributed by atoms with van der Waals surface area (Å²) in [5.41, 5.74) is 2.20. The normalized spacial score (nSPS) is 23.1. The fourth-order valence-corrected chi connectivity index (χ4v) is 4.17. The fourth-order valence-electron chi connectivity index (χ4n) is 2.47. The summed E-state index contributed by atoms with van der Waals surface area (Å²) in [6, 6.07) is 2.74. The van der Waals surface area contributed by atoms with Crippen LogP contribution in [0.1, 0.15) is 19.8 Å². The van der Waals surface area contributed by atoms with Crippen LogP contribution >= 0.6 is 46.3 Å². The highest BCUT2D eigenvalue weighted by Crippen LogP contribution is 2.37. The van der Waals surface area contributed by atoms with Crippen molar-refractivity contribution in [2.45, 2.75) is 25.8 Å². The Morgan fingerprint density at radius 2 is 2.33 bits per heavy atom. The van der Waals surface area contributed by atoms with Crippen LogP contribution in [0.4, 0.5) is 5.69 Å². The standard InChI is InChI=1S/C12H13BrIN3S/c1-7-4-8(5-7)16-11-9-2-3-17(18-14)12(9)15-6-10(11)13/h2-3,6-8H,4-5H2,1H3,(H,15,16). The number of fused-ring (bicyclic) bond motifs is 1. The molecule has 3 rings (SSSR count). The van der Waals surface area contributed by atoms with Gasteiger partial charge in [-0.3, -0.25) is 3.97 Å². The molecular weight excluding hydrogens is 425 g/mol. The molecule has 0 amide bonds. The lowest BCUT2D eigenvalue weighted by atomic mass is 9.82. The quantitative estimate of drug-likeness (QED) is 0.695. The molecule has 0 aromatic carbocycles. The molecule has 2 aromatic rings. The minimum atomic E-state index is 0.609. The number of pyridine rings is 1. The Labute approximate surface area is 131 Å². The highest BCUT2D eigenvalue weighted by Gasteiger charge is 2.26. The van der Waals surface area contributed by atoms with E-state index < -0.39 is 0 Å². The van der Waals surface area contributed by atoms with Gasteiger partial charge in [-0.15, -0.1) is 0 Å². The molecule has 96 valence electrons. The molecule has 0 atom stereocenters. The summed E-state index contributed by atoms with van der Waals surface area (Å²) in [4.78, 5) is 4.49. The van der Waals surface area contributed by atoms with Crippen molar-refractivity contribution < 1.29 is 0 Å². The Balaban J connectivity index is 1.98. The second-order valence-electron chi connectivity index (χ2n) is 4.85. The largest absolute Gasteiger partial charge is 0.381 e. The van der Waals surface area contributed by atoms with Gasteiger partial charge < -0.3 is 5.32 Å². The van der Waals surface area contributed by atoms with Gasteiger partial charge in [-0.1, -0.05) is 6.92 Å². The van der Waals surface area contributed by atoms with Crippen LogP contribution in [-0.2, 0) is 0 Å². The van der Waals surface area contributed by atoms with E-state index in [2.05, 4.69) is 70.6 Å². The van der Waals surface area contributed by atoms with Crippen LogP contribution in [0.15, 0.2) is 22.9 Å². The highest BCUT2D eigenvalue weighted by atomic mass is 127. The molecule has 2 aromatic heterocycles. The van der Waals surface area contributed by atoms with E-state index >= 15 is 0 Å². The minimum Gasteiger partial charge on any atom is -0.381 e. The lowest BCUT2D eigenvalue weighted by Crippen LogP contribution is -2.33. The van der Waals surface area contributed by atoms with Crippen molar-refractivity contribution >= 4 is 63.0 Å². The molecule has 6 heteroatoms. The second kappa shape index (κ2) is 5.20. The van der Waals surface area contributed by atoms with Gasteiger partial charge in [0.2, 0.25) is 0 Å². The topological polar surface area (TPSA) is 29.9 Å². The molecule has 2 heterocycles. The molecule has 0 bridgehead atoms. The van der Waals surface area contributed by atoms with Crippen molar-refractivity contribution in [2.24, 2.45) is 5.92 Å². The van der Waals surface area contributed by atoms with Crippen LogP contribution in [0.3, 0.4) is 0 Å². The van der Waals surface area contributed by atoms with Crippen LogP contribution in [0.25, 0.3) is 11.0 Å². The molecule has 1 aliphatic rings. The number of anilines is 1. The van der Waals surface area contributed by atoms with Crippen molar-refractivity contribution in [1.29, 1.82) is 0 Å². The zero-order chi connectivity index (χ0) is 12.7. The number of nitrogens with zero attached hydrogens (tertiary/aromatic N) is 2. The monoisotopic (exact) mass is 437 g/mol. The average molecular weight is 438 g/mol. The number of aromatic nitrogens is 2. The van der Waals surface area contributed by atoms with Crippen molar-refractivity contribution in [1.82, 2.24) is 8.96 Å². The Morgan fingerprint density at radius 1 is 1.56 bits per heavy atom. The Morgan fingerprint density at radius 3 is 3.00 bits per heavy atom. The molecule has 0 radical (unpaired) electrons. The van der Waals surface area contributed by atoms with Crippen LogP contribution in [-0.4, -0.2) is 15.0 Å².